The molecule has 0 saturated heterocycles. The van der Waals surface area contributed by atoms with Gasteiger partial charge < -0.3 is 20.4 Å². The number of phenols is 1. The van der Waals surface area contributed by atoms with E-state index in [-0.39, 0.29) is 11.5 Å². The van der Waals surface area contributed by atoms with Gasteiger partial charge in [-0.2, -0.15) is 13.2 Å². The minimum Gasteiger partial charge on any atom is -0.508 e. The lowest BCUT2D eigenvalue weighted by atomic mass is 10.0. The maximum atomic E-state index is 12.8. The number of rotatable bonds is 5. The number of nitrogens with one attached hydrogen (secondary N) is 1. The Balaban J connectivity index is 1.62. The van der Waals surface area contributed by atoms with Crippen LogP contribution in [-0.4, -0.2) is 27.9 Å². The number of benzene rings is 2. The fourth-order valence-electron chi connectivity index (χ4n) is 2.61. The summed E-state index contributed by atoms with van der Waals surface area (Å²) in [6, 6.07) is 13.7. The number of halogens is 3. The first-order valence-corrected chi connectivity index (χ1v) is 7.89. The smallest absolute Gasteiger partial charge is 0.458 e. The van der Waals surface area contributed by atoms with Gasteiger partial charge in [0.1, 0.15) is 5.75 Å². The highest BCUT2D eigenvalue weighted by molar-refractivity contribution is 6.01. The summed E-state index contributed by atoms with van der Waals surface area (Å²) < 4.78 is 38.4. The molecule has 1 unspecified atom stereocenters. The molecule has 1 atom stereocenters. The molecule has 1 aliphatic rings. The molecule has 2 aromatic carbocycles. The first-order chi connectivity index (χ1) is 12.3. The van der Waals surface area contributed by atoms with Crippen molar-refractivity contribution in [3.63, 3.8) is 0 Å². The summed E-state index contributed by atoms with van der Waals surface area (Å²) in [7, 11) is 0. The van der Waals surface area contributed by atoms with Crippen LogP contribution in [0.25, 0.3) is 0 Å². The number of oxime groups is 1. The molecule has 0 fully saturated rings. The lowest BCUT2D eigenvalue weighted by molar-refractivity contribution is -0.355. The van der Waals surface area contributed by atoms with Gasteiger partial charge in [-0.15, -0.1) is 0 Å². The van der Waals surface area contributed by atoms with Crippen molar-refractivity contribution < 1.29 is 28.2 Å². The Morgan fingerprint density at radius 2 is 1.73 bits per heavy atom. The molecular weight excluding hydrogens is 349 g/mol. The zero-order valence-corrected chi connectivity index (χ0v) is 13.6. The number of hydrogen-bond acceptors (Lipinski definition) is 5. The second-order valence-electron chi connectivity index (χ2n) is 6.06. The highest BCUT2D eigenvalue weighted by atomic mass is 19.4. The normalized spacial score (nSPS) is 19.9. The van der Waals surface area contributed by atoms with Gasteiger partial charge in [0, 0.05) is 13.1 Å². The van der Waals surface area contributed by atoms with Crippen LogP contribution in [-0.2, 0) is 17.9 Å². The van der Waals surface area contributed by atoms with E-state index in [0.717, 1.165) is 11.1 Å². The zero-order valence-electron chi connectivity index (χ0n) is 13.6. The summed E-state index contributed by atoms with van der Waals surface area (Å²) in [6.45, 7) is 0.998. The minimum absolute atomic E-state index is 0.0413. The van der Waals surface area contributed by atoms with Gasteiger partial charge in [0.25, 0.3) is 0 Å². The maximum absolute atomic E-state index is 12.8. The molecule has 0 aliphatic carbocycles. The van der Waals surface area contributed by atoms with Gasteiger partial charge in [-0.3, -0.25) is 0 Å². The molecule has 3 N–H and O–H groups in total. The number of aliphatic hydroxyl groups is 1. The summed E-state index contributed by atoms with van der Waals surface area (Å²) in [6.07, 6.45) is -5.67. The lowest BCUT2D eigenvalue weighted by Gasteiger charge is -2.22. The Morgan fingerprint density at radius 1 is 1.08 bits per heavy atom. The van der Waals surface area contributed by atoms with E-state index in [1.54, 1.807) is 36.4 Å². The van der Waals surface area contributed by atoms with Gasteiger partial charge >= 0.3 is 12.0 Å². The van der Waals surface area contributed by atoms with Gasteiger partial charge in [-0.05, 0) is 34.9 Å². The van der Waals surface area contributed by atoms with Crippen LogP contribution in [0.4, 0.5) is 13.2 Å². The van der Waals surface area contributed by atoms with Crippen molar-refractivity contribution in [3.05, 3.63) is 65.2 Å². The number of phenolic OH excluding ortho intramolecular Hbond substituents is 1. The van der Waals surface area contributed by atoms with Gasteiger partial charge in [0.15, 0.2) is 0 Å². The van der Waals surface area contributed by atoms with E-state index in [1.165, 1.54) is 0 Å². The molecule has 0 saturated carbocycles. The zero-order chi connectivity index (χ0) is 18.8. The molecule has 1 heterocycles. The predicted molar refractivity (Wildman–Crippen MR) is 88.3 cm³/mol. The largest absolute Gasteiger partial charge is 0.508 e. The Labute approximate surface area is 147 Å². The predicted octanol–water partition coefficient (Wildman–Crippen LogP) is 3.06. The van der Waals surface area contributed by atoms with E-state index >= 15 is 0 Å². The third kappa shape index (κ3) is 3.97. The lowest BCUT2D eigenvalue weighted by Crippen LogP contribution is -2.45. The van der Waals surface area contributed by atoms with Crippen molar-refractivity contribution >= 4 is 5.71 Å². The monoisotopic (exact) mass is 366 g/mol. The molecule has 8 heteroatoms. The van der Waals surface area contributed by atoms with E-state index in [2.05, 4.69) is 15.3 Å². The highest BCUT2D eigenvalue weighted by Gasteiger charge is 2.60. The fourth-order valence-corrected chi connectivity index (χ4v) is 2.61. The van der Waals surface area contributed by atoms with Crippen LogP contribution >= 0.6 is 0 Å². The summed E-state index contributed by atoms with van der Waals surface area (Å²) in [5.41, 5.74) is 2.25. The van der Waals surface area contributed by atoms with Crippen molar-refractivity contribution in [1.82, 2.24) is 5.32 Å². The third-order valence-corrected chi connectivity index (χ3v) is 3.99. The Kier molecular flexibility index (Phi) is 4.88. The molecule has 138 valence electrons. The van der Waals surface area contributed by atoms with Crippen LogP contribution in [0, 0.1) is 0 Å². The van der Waals surface area contributed by atoms with Crippen molar-refractivity contribution in [2.24, 2.45) is 5.16 Å². The van der Waals surface area contributed by atoms with Crippen molar-refractivity contribution in [2.75, 3.05) is 0 Å². The summed E-state index contributed by atoms with van der Waals surface area (Å²) >= 11 is 0. The maximum Gasteiger partial charge on any atom is 0.458 e. The van der Waals surface area contributed by atoms with Crippen LogP contribution in [0.15, 0.2) is 53.7 Å². The van der Waals surface area contributed by atoms with Crippen molar-refractivity contribution in [3.8, 4) is 5.75 Å². The first-order valence-electron chi connectivity index (χ1n) is 7.89. The van der Waals surface area contributed by atoms with Crippen LogP contribution < -0.4 is 5.32 Å². The second kappa shape index (κ2) is 6.97. The number of aromatic hydroxyl groups is 1. The molecule has 26 heavy (non-hydrogen) atoms. The van der Waals surface area contributed by atoms with Gasteiger partial charge in [0.05, 0.1) is 12.1 Å². The second-order valence-corrected chi connectivity index (χ2v) is 6.06. The molecular formula is C18H17F3N2O3. The molecule has 1 aliphatic heterocycles. The van der Waals surface area contributed by atoms with Gasteiger partial charge in [0.2, 0.25) is 0 Å². The Bertz CT molecular complexity index is 823. The molecule has 0 aromatic heterocycles. The van der Waals surface area contributed by atoms with Gasteiger partial charge in [-0.1, -0.05) is 35.5 Å². The van der Waals surface area contributed by atoms with E-state index in [0.29, 0.717) is 18.7 Å². The van der Waals surface area contributed by atoms with Crippen molar-refractivity contribution in [2.45, 2.75) is 31.5 Å². The van der Waals surface area contributed by atoms with Gasteiger partial charge in [-0.25, -0.2) is 0 Å². The number of alkyl halides is 3. The van der Waals surface area contributed by atoms with E-state index in [4.69, 9.17) is 0 Å². The SMILES string of the molecule is Oc1cccc(CNCc2cccc(C3=NOC(O)(C(F)(F)F)C3)c2)c1. The fraction of sp³-hybridized carbons (Fsp3) is 0.278. The van der Waals surface area contributed by atoms with Crippen LogP contribution in [0.2, 0.25) is 0 Å². The Morgan fingerprint density at radius 3 is 2.35 bits per heavy atom. The van der Waals surface area contributed by atoms with Crippen LogP contribution in [0.1, 0.15) is 23.1 Å². The summed E-state index contributed by atoms with van der Waals surface area (Å²) in [5.74, 6) is -3.09. The van der Waals surface area contributed by atoms with Crippen LogP contribution in [0.3, 0.4) is 0 Å². The number of hydrogen-bond donors (Lipinski definition) is 3. The Hall–Kier alpha value is -2.58. The standard InChI is InChI=1S/C18H17F3N2O3/c19-18(20,21)17(25)9-16(23-26-17)14-5-1-3-12(7-14)10-22-11-13-4-2-6-15(24)8-13/h1-8,22,24-25H,9-11H2. The third-order valence-electron chi connectivity index (χ3n) is 3.99. The molecule has 0 spiro atoms. The molecule has 3 rings (SSSR count). The average molecular weight is 366 g/mol. The molecule has 0 amide bonds. The first kappa shape index (κ1) is 18.2. The molecule has 0 bridgehead atoms. The molecule has 2 aromatic rings. The quantitative estimate of drug-likeness (QED) is 0.760. The molecule has 0 radical (unpaired) electrons. The van der Waals surface area contributed by atoms with Crippen LogP contribution in [0.5, 0.6) is 5.75 Å². The minimum atomic E-state index is -4.92. The van der Waals surface area contributed by atoms with E-state index in [1.807, 2.05) is 12.1 Å². The van der Waals surface area contributed by atoms with E-state index < -0.39 is 18.4 Å². The van der Waals surface area contributed by atoms with E-state index in [9.17, 15) is 23.4 Å². The summed E-state index contributed by atoms with van der Waals surface area (Å²) in [5, 5.41) is 25.6. The highest BCUT2D eigenvalue weighted by Crippen LogP contribution is 2.38. The van der Waals surface area contributed by atoms with Crippen molar-refractivity contribution in [1.29, 1.82) is 0 Å². The number of nitrogens with zero attached hydrogens (tertiary/aromatic N) is 1. The summed E-state index contributed by atoms with van der Waals surface area (Å²) in [4.78, 5) is 4.24. The molecule has 5 nitrogen and oxygen atoms in total. The topological polar surface area (TPSA) is 74.1 Å². The average Bonchev–Trinajstić information content (AvgIpc) is 2.99.